The number of carbonyl (C=O) groups is 2. The average Bonchev–Trinajstić information content (AvgIpc) is 1.95. The minimum atomic E-state index is -1.38. The molecule has 0 spiro atoms. The van der Waals surface area contributed by atoms with Crippen LogP contribution >= 0.6 is 0 Å². The zero-order valence-electron chi connectivity index (χ0n) is 9.27. The van der Waals surface area contributed by atoms with Gasteiger partial charge in [0.25, 0.3) is 0 Å². The van der Waals surface area contributed by atoms with Crippen LogP contribution in [-0.2, 0) is 9.53 Å². The van der Waals surface area contributed by atoms with Crippen molar-refractivity contribution in [3.8, 4) is 0 Å². The Morgan fingerprint density at radius 1 is 1.33 bits per heavy atom. The molecule has 0 aliphatic carbocycles. The molecule has 0 aromatic carbocycles. The molecule has 0 unspecified atom stereocenters. The maximum atomic E-state index is 11.4. The molecule has 0 radical (unpaired) electrons. The smallest absolute Gasteiger partial charge is 0.405 e. The molecule has 1 amide bonds. The summed E-state index contributed by atoms with van der Waals surface area (Å²) in [6.07, 6.45) is -2.53. The number of nitrogens with one attached hydrogen (secondary N) is 1. The van der Waals surface area contributed by atoms with Crippen molar-refractivity contribution in [2.45, 2.75) is 45.4 Å². The minimum Gasteiger partial charge on any atom is -0.465 e. The highest BCUT2D eigenvalue weighted by atomic mass is 16.6. The van der Waals surface area contributed by atoms with Crippen LogP contribution in [0.25, 0.3) is 0 Å². The predicted molar refractivity (Wildman–Crippen MR) is 52.5 cm³/mol. The number of aliphatic hydroxyl groups is 1. The molecule has 0 saturated carbocycles. The summed E-state index contributed by atoms with van der Waals surface area (Å²) in [5.74, 6) is -0.792. The van der Waals surface area contributed by atoms with E-state index in [1.54, 1.807) is 20.8 Å². The third-order valence-corrected chi connectivity index (χ3v) is 1.42. The number of ether oxygens (including phenoxy) is 1. The van der Waals surface area contributed by atoms with E-state index in [-0.39, 0.29) is 0 Å². The Morgan fingerprint density at radius 3 is 2.07 bits per heavy atom. The van der Waals surface area contributed by atoms with Crippen molar-refractivity contribution in [2.75, 3.05) is 0 Å². The van der Waals surface area contributed by atoms with Crippen molar-refractivity contribution < 1.29 is 24.5 Å². The van der Waals surface area contributed by atoms with E-state index in [9.17, 15) is 14.7 Å². The maximum absolute atomic E-state index is 11.4. The van der Waals surface area contributed by atoms with Gasteiger partial charge in [-0.3, -0.25) is 0 Å². The van der Waals surface area contributed by atoms with Crippen LogP contribution in [0.15, 0.2) is 0 Å². The van der Waals surface area contributed by atoms with Gasteiger partial charge < -0.3 is 20.3 Å². The summed E-state index contributed by atoms with van der Waals surface area (Å²) in [6, 6.07) is -1.26. The zero-order chi connectivity index (χ0) is 12.2. The lowest BCUT2D eigenvalue weighted by Gasteiger charge is -2.25. The van der Waals surface area contributed by atoms with Gasteiger partial charge in [-0.2, -0.15) is 0 Å². The first kappa shape index (κ1) is 13.7. The molecule has 0 aliphatic rings. The molecular weight excluding hydrogens is 202 g/mol. The topological polar surface area (TPSA) is 95.9 Å². The number of amides is 1. The first-order valence-corrected chi connectivity index (χ1v) is 4.54. The Labute approximate surface area is 88.2 Å². The highest BCUT2D eigenvalue weighted by Gasteiger charge is 2.30. The number of hydrogen-bond acceptors (Lipinski definition) is 4. The summed E-state index contributed by atoms with van der Waals surface area (Å²) in [5, 5.41) is 19.5. The van der Waals surface area contributed by atoms with Crippen LogP contribution in [0.2, 0.25) is 0 Å². The van der Waals surface area contributed by atoms with Gasteiger partial charge in [-0.05, 0) is 27.7 Å². The monoisotopic (exact) mass is 219 g/mol. The number of aliphatic hydroxyl groups excluding tert-OH is 1. The number of hydrogen-bond donors (Lipinski definition) is 3. The third kappa shape index (κ3) is 5.90. The van der Waals surface area contributed by atoms with Crippen LogP contribution in [0.1, 0.15) is 27.7 Å². The van der Waals surface area contributed by atoms with Crippen LogP contribution in [0.3, 0.4) is 0 Å². The van der Waals surface area contributed by atoms with E-state index in [1.807, 2.05) is 5.32 Å². The van der Waals surface area contributed by atoms with E-state index in [0.717, 1.165) is 0 Å². The van der Waals surface area contributed by atoms with E-state index in [4.69, 9.17) is 9.84 Å². The quantitative estimate of drug-likeness (QED) is 0.595. The minimum absolute atomic E-state index is 0.718. The molecule has 0 aliphatic heterocycles. The van der Waals surface area contributed by atoms with Gasteiger partial charge in [0.2, 0.25) is 0 Å². The molecule has 6 heteroatoms. The SMILES string of the molecule is C[C@H](O)[C@@H](NC(=O)O)C(=O)OC(C)(C)C. The third-order valence-electron chi connectivity index (χ3n) is 1.42. The molecule has 0 bridgehead atoms. The fraction of sp³-hybridized carbons (Fsp3) is 0.778. The van der Waals surface area contributed by atoms with E-state index < -0.39 is 29.8 Å². The van der Waals surface area contributed by atoms with Gasteiger partial charge >= 0.3 is 12.1 Å². The van der Waals surface area contributed by atoms with E-state index in [1.165, 1.54) is 6.92 Å². The van der Waals surface area contributed by atoms with Gasteiger partial charge in [0.1, 0.15) is 5.60 Å². The molecule has 0 fully saturated rings. The van der Waals surface area contributed by atoms with E-state index in [2.05, 4.69) is 0 Å². The van der Waals surface area contributed by atoms with Crippen molar-refractivity contribution in [1.29, 1.82) is 0 Å². The van der Waals surface area contributed by atoms with Crippen molar-refractivity contribution in [3.63, 3.8) is 0 Å². The van der Waals surface area contributed by atoms with Crippen LogP contribution < -0.4 is 5.32 Å². The van der Waals surface area contributed by atoms with Gasteiger partial charge in [-0.25, -0.2) is 9.59 Å². The van der Waals surface area contributed by atoms with Crippen LogP contribution in [0.4, 0.5) is 4.79 Å². The lowest BCUT2D eigenvalue weighted by molar-refractivity contribution is -0.160. The Balaban J connectivity index is 4.50. The number of rotatable bonds is 3. The highest BCUT2D eigenvalue weighted by molar-refractivity contribution is 5.81. The molecule has 3 N–H and O–H groups in total. The summed E-state index contributed by atoms with van der Waals surface area (Å²) in [5.41, 5.74) is -0.718. The molecule has 0 heterocycles. The molecule has 15 heavy (non-hydrogen) atoms. The largest absolute Gasteiger partial charge is 0.465 e. The number of carboxylic acid groups (broad SMARTS) is 1. The van der Waals surface area contributed by atoms with E-state index in [0.29, 0.717) is 0 Å². The van der Waals surface area contributed by atoms with Gasteiger partial charge in [0.15, 0.2) is 6.04 Å². The van der Waals surface area contributed by atoms with E-state index >= 15 is 0 Å². The molecule has 0 aromatic rings. The lowest BCUT2D eigenvalue weighted by Crippen LogP contribution is -2.49. The molecule has 0 aromatic heterocycles. The summed E-state index contributed by atoms with van der Waals surface area (Å²) in [6.45, 7) is 6.28. The highest BCUT2D eigenvalue weighted by Crippen LogP contribution is 2.09. The van der Waals surface area contributed by atoms with Crippen molar-refractivity contribution >= 4 is 12.1 Å². The van der Waals surface area contributed by atoms with Gasteiger partial charge in [-0.1, -0.05) is 0 Å². The number of esters is 1. The van der Waals surface area contributed by atoms with Gasteiger partial charge in [0.05, 0.1) is 6.10 Å². The van der Waals surface area contributed by atoms with Crippen molar-refractivity contribution in [3.05, 3.63) is 0 Å². The molecule has 2 atom stereocenters. The summed E-state index contributed by atoms with van der Waals surface area (Å²) < 4.78 is 4.94. The fourth-order valence-electron chi connectivity index (χ4n) is 0.875. The Morgan fingerprint density at radius 2 is 1.80 bits per heavy atom. The van der Waals surface area contributed by atoms with Crippen LogP contribution in [0, 0.1) is 0 Å². The fourth-order valence-corrected chi connectivity index (χ4v) is 0.875. The molecule has 0 saturated heterocycles. The molecule has 0 rings (SSSR count). The Bertz CT molecular complexity index is 243. The van der Waals surface area contributed by atoms with Gasteiger partial charge in [0, 0.05) is 0 Å². The molecule has 88 valence electrons. The predicted octanol–water partition coefficient (Wildman–Crippen LogP) is 0.345. The first-order valence-electron chi connectivity index (χ1n) is 4.54. The standard InChI is InChI=1S/C9H17NO5/c1-5(11)6(10-8(13)14)7(12)15-9(2,3)4/h5-6,10-11H,1-4H3,(H,13,14)/t5-,6+/m0/s1. The van der Waals surface area contributed by atoms with Gasteiger partial charge in [-0.15, -0.1) is 0 Å². The normalized spacial score (nSPS) is 15.3. The number of carbonyl (C=O) groups excluding carboxylic acids is 1. The van der Waals surface area contributed by atoms with Crippen molar-refractivity contribution in [2.24, 2.45) is 0 Å². The van der Waals surface area contributed by atoms with Crippen LogP contribution in [0.5, 0.6) is 0 Å². The second-order valence-corrected chi connectivity index (χ2v) is 4.20. The second kappa shape index (κ2) is 4.97. The second-order valence-electron chi connectivity index (χ2n) is 4.20. The molecule has 6 nitrogen and oxygen atoms in total. The average molecular weight is 219 g/mol. The Kier molecular flexibility index (Phi) is 4.54. The zero-order valence-corrected chi connectivity index (χ0v) is 9.27. The summed E-state index contributed by atoms with van der Waals surface area (Å²) in [7, 11) is 0. The molecular formula is C9H17NO5. The first-order chi connectivity index (χ1) is 6.63. The maximum Gasteiger partial charge on any atom is 0.405 e. The summed E-state index contributed by atoms with van der Waals surface area (Å²) >= 11 is 0. The Hall–Kier alpha value is -1.30. The van der Waals surface area contributed by atoms with Crippen LogP contribution in [-0.4, -0.2) is 40.0 Å². The lowest BCUT2D eigenvalue weighted by atomic mass is 10.1. The summed E-state index contributed by atoms with van der Waals surface area (Å²) in [4.78, 5) is 21.8. The van der Waals surface area contributed by atoms with Crippen molar-refractivity contribution in [1.82, 2.24) is 5.32 Å².